The van der Waals surface area contributed by atoms with Gasteiger partial charge in [-0.2, -0.15) is 0 Å². The van der Waals surface area contributed by atoms with Gasteiger partial charge in [0.05, 0.1) is 0 Å². The van der Waals surface area contributed by atoms with Crippen molar-refractivity contribution < 1.29 is 17.4 Å². The summed E-state index contributed by atoms with van der Waals surface area (Å²) in [5.74, 6) is 0. The Balaban J connectivity index is 0.000000963. The highest BCUT2D eigenvalue weighted by molar-refractivity contribution is 6.07. The lowest BCUT2D eigenvalue weighted by molar-refractivity contribution is -0.394. The van der Waals surface area contributed by atoms with Crippen molar-refractivity contribution in [2.45, 2.75) is 13.8 Å². The van der Waals surface area contributed by atoms with Gasteiger partial charge in [-0.15, -0.1) is 0 Å². The fourth-order valence-corrected chi connectivity index (χ4v) is 2.22. The summed E-state index contributed by atoms with van der Waals surface area (Å²) in [7, 11) is 0. The molecule has 16 heavy (non-hydrogen) atoms. The van der Waals surface area contributed by atoms with Crippen LogP contribution in [-0.2, 0) is 0 Å². The molecule has 0 aliphatic rings. The fourth-order valence-electron chi connectivity index (χ4n) is 2.22. The number of hydrogen-bond donors (Lipinski definition) is 1. The molecule has 2 N–H and O–H groups in total. The summed E-state index contributed by atoms with van der Waals surface area (Å²) in [6.45, 7) is 4.19. The van der Waals surface area contributed by atoms with Gasteiger partial charge < -0.3 is 17.4 Å². The first kappa shape index (κ1) is 11.0. The minimum absolute atomic E-state index is 0. The van der Waals surface area contributed by atoms with E-state index in [0.717, 1.165) is 0 Å². The van der Waals surface area contributed by atoms with E-state index in [2.05, 4.69) is 54.1 Å². The SMILES string of the molecule is Cc1cc2c([nH]c3ccccc32)c(C)[nH+]1.[Cl-]. The van der Waals surface area contributed by atoms with E-state index in [4.69, 9.17) is 0 Å². The van der Waals surface area contributed by atoms with E-state index < -0.39 is 0 Å². The number of aromatic nitrogens is 2. The molecule has 2 aromatic heterocycles. The molecule has 3 rings (SSSR count). The van der Waals surface area contributed by atoms with Gasteiger partial charge in [-0.25, -0.2) is 4.98 Å². The Morgan fingerprint density at radius 2 is 1.81 bits per heavy atom. The van der Waals surface area contributed by atoms with Crippen molar-refractivity contribution in [1.29, 1.82) is 0 Å². The molecule has 0 aliphatic heterocycles. The first-order valence-electron chi connectivity index (χ1n) is 5.15. The van der Waals surface area contributed by atoms with Gasteiger partial charge in [0.15, 0.2) is 5.69 Å². The molecule has 2 nitrogen and oxygen atoms in total. The number of para-hydroxylation sites is 1. The third-order valence-corrected chi connectivity index (χ3v) is 2.87. The normalized spacial score (nSPS) is 10.6. The van der Waals surface area contributed by atoms with Crippen LogP contribution in [0.25, 0.3) is 21.8 Å². The van der Waals surface area contributed by atoms with Crippen LogP contribution in [0.15, 0.2) is 30.3 Å². The number of rotatable bonds is 0. The maximum atomic E-state index is 3.44. The van der Waals surface area contributed by atoms with Gasteiger partial charge in [-0.3, -0.25) is 0 Å². The van der Waals surface area contributed by atoms with Gasteiger partial charge in [0.1, 0.15) is 5.52 Å². The van der Waals surface area contributed by atoms with E-state index in [1.165, 1.54) is 33.2 Å². The summed E-state index contributed by atoms with van der Waals surface area (Å²) in [5.41, 5.74) is 4.81. The highest BCUT2D eigenvalue weighted by Gasteiger charge is 2.10. The molecule has 0 aliphatic carbocycles. The average molecular weight is 233 g/mol. The molecular formula is C13H13ClN2. The largest absolute Gasteiger partial charge is 1.00 e. The van der Waals surface area contributed by atoms with Crippen LogP contribution in [0.2, 0.25) is 0 Å². The molecule has 2 heterocycles. The number of pyridine rings is 1. The molecular weight excluding hydrogens is 220 g/mol. The summed E-state index contributed by atoms with van der Waals surface area (Å²) < 4.78 is 0. The number of aromatic amines is 2. The van der Waals surface area contributed by atoms with Crippen molar-refractivity contribution in [2.75, 3.05) is 0 Å². The van der Waals surface area contributed by atoms with E-state index in [0.29, 0.717) is 0 Å². The second-order valence-electron chi connectivity index (χ2n) is 4.04. The van der Waals surface area contributed by atoms with Gasteiger partial charge in [0, 0.05) is 36.2 Å². The van der Waals surface area contributed by atoms with Gasteiger partial charge in [0.2, 0.25) is 5.69 Å². The lowest BCUT2D eigenvalue weighted by atomic mass is 10.1. The number of aryl methyl sites for hydroxylation is 2. The van der Waals surface area contributed by atoms with Crippen molar-refractivity contribution in [2.24, 2.45) is 0 Å². The quantitative estimate of drug-likeness (QED) is 0.555. The van der Waals surface area contributed by atoms with Gasteiger partial charge >= 0.3 is 0 Å². The van der Waals surface area contributed by atoms with Crippen molar-refractivity contribution in [1.82, 2.24) is 4.98 Å². The fraction of sp³-hybridized carbons (Fsp3) is 0.154. The molecule has 82 valence electrons. The molecule has 0 atom stereocenters. The van der Waals surface area contributed by atoms with E-state index >= 15 is 0 Å². The third-order valence-electron chi connectivity index (χ3n) is 2.87. The molecule has 0 fully saturated rings. The minimum Gasteiger partial charge on any atom is -1.00 e. The van der Waals surface area contributed by atoms with Crippen LogP contribution in [0.3, 0.4) is 0 Å². The molecule has 0 saturated carbocycles. The monoisotopic (exact) mass is 232 g/mol. The maximum absolute atomic E-state index is 3.44. The molecule has 0 unspecified atom stereocenters. The van der Waals surface area contributed by atoms with Crippen LogP contribution in [-0.4, -0.2) is 4.98 Å². The zero-order valence-corrected chi connectivity index (χ0v) is 10.0. The average Bonchev–Trinajstić information content (AvgIpc) is 2.57. The van der Waals surface area contributed by atoms with E-state index in [1.807, 2.05) is 0 Å². The third kappa shape index (κ3) is 1.46. The van der Waals surface area contributed by atoms with Crippen LogP contribution in [0.5, 0.6) is 0 Å². The predicted octanol–water partition coefficient (Wildman–Crippen LogP) is -0.244. The maximum Gasteiger partial charge on any atom is 0.201 e. The predicted molar refractivity (Wildman–Crippen MR) is 61.8 cm³/mol. The molecule has 0 saturated heterocycles. The lowest BCUT2D eigenvalue weighted by Gasteiger charge is -1.91. The lowest BCUT2D eigenvalue weighted by Crippen LogP contribution is -3.00. The number of hydrogen-bond acceptors (Lipinski definition) is 0. The standard InChI is InChI=1S/C13H12N2.ClH/c1-8-7-11-10-5-3-4-6-12(10)15-13(11)9(2)14-8;/h3-7,15H,1-2H3;1H. The second-order valence-corrected chi connectivity index (χ2v) is 4.04. The molecule has 0 spiro atoms. The van der Waals surface area contributed by atoms with Gasteiger partial charge in [-0.1, -0.05) is 18.2 Å². The highest BCUT2D eigenvalue weighted by Crippen LogP contribution is 2.25. The van der Waals surface area contributed by atoms with Crippen molar-refractivity contribution in [3.05, 3.63) is 41.7 Å². The Morgan fingerprint density at radius 1 is 1.06 bits per heavy atom. The van der Waals surface area contributed by atoms with Crippen LogP contribution < -0.4 is 17.4 Å². The number of fused-ring (bicyclic) bond motifs is 3. The van der Waals surface area contributed by atoms with E-state index in [1.54, 1.807) is 0 Å². The Hall–Kier alpha value is -1.54. The molecule has 3 heteroatoms. The first-order chi connectivity index (χ1) is 7.25. The Bertz CT molecular complexity index is 655. The molecule has 1 aromatic carbocycles. The molecule has 3 aromatic rings. The van der Waals surface area contributed by atoms with Crippen LogP contribution in [0.1, 0.15) is 11.4 Å². The molecule has 0 bridgehead atoms. The number of halogens is 1. The van der Waals surface area contributed by atoms with Crippen LogP contribution in [0.4, 0.5) is 0 Å². The summed E-state index contributed by atoms with van der Waals surface area (Å²) >= 11 is 0. The number of benzene rings is 1. The van der Waals surface area contributed by atoms with E-state index in [-0.39, 0.29) is 12.4 Å². The van der Waals surface area contributed by atoms with Crippen molar-refractivity contribution >= 4 is 21.8 Å². The van der Waals surface area contributed by atoms with E-state index in [9.17, 15) is 0 Å². The summed E-state index contributed by atoms with van der Waals surface area (Å²) in [5, 5.41) is 2.60. The topological polar surface area (TPSA) is 29.9 Å². The Labute approximate surface area is 100 Å². The molecule has 0 amide bonds. The van der Waals surface area contributed by atoms with Crippen molar-refractivity contribution in [3.63, 3.8) is 0 Å². The Kier molecular flexibility index (Phi) is 2.60. The first-order valence-corrected chi connectivity index (χ1v) is 5.15. The molecule has 0 radical (unpaired) electrons. The van der Waals surface area contributed by atoms with Crippen LogP contribution in [0, 0.1) is 13.8 Å². The number of nitrogens with one attached hydrogen (secondary N) is 2. The smallest absolute Gasteiger partial charge is 0.201 e. The van der Waals surface area contributed by atoms with Crippen LogP contribution >= 0.6 is 0 Å². The van der Waals surface area contributed by atoms with Crippen molar-refractivity contribution in [3.8, 4) is 0 Å². The Morgan fingerprint density at radius 3 is 2.62 bits per heavy atom. The number of H-pyrrole nitrogens is 2. The zero-order chi connectivity index (χ0) is 10.4. The summed E-state index contributed by atoms with van der Waals surface area (Å²) in [4.78, 5) is 6.79. The summed E-state index contributed by atoms with van der Waals surface area (Å²) in [6, 6.07) is 10.6. The second kappa shape index (κ2) is 3.80. The highest BCUT2D eigenvalue weighted by atomic mass is 35.5. The summed E-state index contributed by atoms with van der Waals surface area (Å²) in [6.07, 6.45) is 0. The van der Waals surface area contributed by atoms with Gasteiger partial charge in [0.25, 0.3) is 0 Å². The van der Waals surface area contributed by atoms with Gasteiger partial charge in [-0.05, 0) is 6.07 Å². The minimum atomic E-state index is 0. The zero-order valence-electron chi connectivity index (χ0n) is 9.26.